The monoisotopic (exact) mass is 458 g/mol. The molecular formula is C21H12Cl2N2O4S. The number of benzene rings is 3. The zero-order valence-corrected chi connectivity index (χ0v) is 17.5. The van der Waals surface area contributed by atoms with Crippen LogP contribution in [0, 0.1) is 10.1 Å². The summed E-state index contributed by atoms with van der Waals surface area (Å²) in [5.74, 6) is -0.503. The van der Waals surface area contributed by atoms with Gasteiger partial charge in [0, 0.05) is 16.7 Å². The van der Waals surface area contributed by atoms with Crippen LogP contribution >= 0.6 is 35.0 Å². The van der Waals surface area contributed by atoms with E-state index in [9.17, 15) is 19.7 Å². The van der Waals surface area contributed by atoms with Gasteiger partial charge in [0.2, 0.25) is 0 Å². The Kier molecular flexibility index (Phi) is 5.51. The van der Waals surface area contributed by atoms with Crippen LogP contribution in [0.4, 0.5) is 10.5 Å². The van der Waals surface area contributed by atoms with Crippen LogP contribution in [0.5, 0.6) is 0 Å². The maximum atomic E-state index is 12.9. The highest BCUT2D eigenvalue weighted by molar-refractivity contribution is 8.18. The SMILES string of the molecule is O=C1S/C(=C\c2c(Cl)ccc([N+](=O)[O-])c2Cl)C(=O)N1Cc1cccc2ccccc12. The van der Waals surface area contributed by atoms with Crippen molar-refractivity contribution in [2.75, 3.05) is 0 Å². The van der Waals surface area contributed by atoms with Crippen LogP contribution in [0.25, 0.3) is 16.8 Å². The molecule has 0 spiro atoms. The summed E-state index contributed by atoms with van der Waals surface area (Å²) in [7, 11) is 0. The minimum absolute atomic E-state index is 0.101. The topological polar surface area (TPSA) is 80.5 Å². The van der Waals surface area contributed by atoms with E-state index in [0.29, 0.717) is 0 Å². The first-order valence-electron chi connectivity index (χ1n) is 8.71. The smallest absolute Gasteiger partial charge is 0.268 e. The minimum Gasteiger partial charge on any atom is -0.268 e. The van der Waals surface area contributed by atoms with Crippen molar-refractivity contribution in [1.29, 1.82) is 0 Å². The quantitative estimate of drug-likeness (QED) is 0.260. The molecule has 2 amide bonds. The standard InChI is InChI=1S/C21H12Cl2N2O4S/c22-16-8-9-17(25(28)29)19(23)15(16)10-18-20(26)24(21(27)30-18)11-13-6-3-5-12-4-1-2-7-14(12)13/h1-10H,11H2/b18-10-. The molecule has 0 aliphatic carbocycles. The summed E-state index contributed by atoms with van der Waals surface area (Å²) >= 11 is 13.0. The van der Waals surface area contributed by atoms with E-state index in [1.54, 1.807) is 0 Å². The molecular weight excluding hydrogens is 447 g/mol. The van der Waals surface area contributed by atoms with E-state index in [1.807, 2.05) is 42.5 Å². The lowest BCUT2D eigenvalue weighted by atomic mass is 10.0. The van der Waals surface area contributed by atoms with E-state index < -0.39 is 16.1 Å². The van der Waals surface area contributed by atoms with Crippen LogP contribution in [0.1, 0.15) is 11.1 Å². The van der Waals surface area contributed by atoms with Crippen molar-refractivity contribution in [3.8, 4) is 0 Å². The molecule has 0 saturated carbocycles. The van der Waals surface area contributed by atoms with Crippen LogP contribution in [0.3, 0.4) is 0 Å². The Morgan fingerprint density at radius 1 is 1.03 bits per heavy atom. The largest absolute Gasteiger partial charge is 0.293 e. The van der Waals surface area contributed by atoms with Crippen LogP contribution in [0.15, 0.2) is 59.5 Å². The van der Waals surface area contributed by atoms with Crippen LogP contribution in [-0.4, -0.2) is 21.0 Å². The molecule has 0 atom stereocenters. The molecule has 0 bridgehead atoms. The molecule has 3 aromatic carbocycles. The number of halogens is 2. The molecule has 6 nitrogen and oxygen atoms in total. The Labute approximate surface area is 185 Å². The molecule has 150 valence electrons. The highest BCUT2D eigenvalue weighted by Crippen LogP contribution is 2.39. The van der Waals surface area contributed by atoms with Gasteiger partial charge in [-0.3, -0.25) is 24.6 Å². The molecule has 1 fully saturated rings. The molecule has 0 unspecified atom stereocenters. The van der Waals surface area contributed by atoms with Gasteiger partial charge in [0.1, 0.15) is 5.02 Å². The fourth-order valence-electron chi connectivity index (χ4n) is 3.20. The van der Waals surface area contributed by atoms with Gasteiger partial charge in [-0.2, -0.15) is 0 Å². The van der Waals surface area contributed by atoms with Gasteiger partial charge in [-0.1, -0.05) is 65.7 Å². The van der Waals surface area contributed by atoms with E-state index in [1.165, 1.54) is 18.2 Å². The molecule has 1 saturated heterocycles. The Morgan fingerprint density at radius 3 is 2.53 bits per heavy atom. The third-order valence-corrected chi connectivity index (χ3v) is 6.29. The maximum absolute atomic E-state index is 12.9. The second kappa shape index (κ2) is 8.10. The molecule has 9 heteroatoms. The molecule has 1 aliphatic rings. The first kappa shape index (κ1) is 20.4. The summed E-state index contributed by atoms with van der Waals surface area (Å²) in [6.45, 7) is 0.111. The Morgan fingerprint density at radius 2 is 1.77 bits per heavy atom. The first-order valence-corrected chi connectivity index (χ1v) is 10.3. The number of nitro benzene ring substituents is 1. The molecule has 4 rings (SSSR count). The second-order valence-corrected chi connectivity index (χ2v) is 8.24. The van der Waals surface area contributed by atoms with E-state index in [4.69, 9.17) is 23.2 Å². The summed E-state index contributed by atoms with van der Waals surface area (Å²) in [6, 6.07) is 15.9. The number of carbonyl (C=O) groups is 2. The van der Waals surface area contributed by atoms with Gasteiger partial charge < -0.3 is 0 Å². The number of carbonyl (C=O) groups excluding carboxylic acids is 2. The lowest BCUT2D eigenvalue weighted by Crippen LogP contribution is -2.27. The number of hydrogen-bond acceptors (Lipinski definition) is 5. The van der Waals surface area contributed by atoms with Gasteiger partial charge in [0.05, 0.1) is 16.4 Å². The predicted molar refractivity (Wildman–Crippen MR) is 119 cm³/mol. The van der Waals surface area contributed by atoms with Crippen LogP contribution in [-0.2, 0) is 11.3 Å². The molecule has 0 aromatic heterocycles. The fourth-order valence-corrected chi connectivity index (χ4v) is 4.57. The highest BCUT2D eigenvalue weighted by Gasteiger charge is 2.35. The van der Waals surface area contributed by atoms with E-state index in [2.05, 4.69) is 0 Å². The zero-order valence-electron chi connectivity index (χ0n) is 15.2. The Bertz CT molecular complexity index is 1250. The number of rotatable bonds is 4. The van der Waals surface area contributed by atoms with Crippen molar-refractivity contribution in [2.45, 2.75) is 6.54 Å². The molecule has 0 radical (unpaired) electrons. The predicted octanol–water partition coefficient (Wildman–Crippen LogP) is 6.29. The summed E-state index contributed by atoms with van der Waals surface area (Å²) in [6.07, 6.45) is 1.33. The average molecular weight is 459 g/mol. The second-order valence-electron chi connectivity index (χ2n) is 6.46. The van der Waals surface area contributed by atoms with E-state index in [-0.39, 0.29) is 32.7 Å². The van der Waals surface area contributed by atoms with Gasteiger partial charge in [0.15, 0.2) is 0 Å². The average Bonchev–Trinajstić information content (AvgIpc) is 2.98. The van der Waals surface area contributed by atoms with Gasteiger partial charge in [-0.05, 0) is 40.2 Å². The van der Waals surface area contributed by atoms with Gasteiger partial charge >= 0.3 is 0 Å². The van der Waals surface area contributed by atoms with Crippen molar-refractivity contribution < 1.29 is 14.5 Å². The number of nitro groups is 1. The number of thioether (sulfide) groups is 1. The van der Waals surface area contributed by atoms with Gasteiger partial charge in [0.25, 0.3) is 16.8 Å². The van der Waals surface area contributed by atoms with Crippen molar-refractivity contribution in [3.05, 3.63) is 90.8 Å². The number of hydrogen-bond donors (Lipinski definition) is 0. The molecule has 3 aromatic rings. The summed E-state index contributed by atoms with van der Waals surface area (Å²) < 4.78 is 0. The van der Waals surface area contributed by atoms with E-state index >= 15 is 0 Å². The highest BCUT2D eigenvalue weighted by atomic mass is 35.5. The molecule has 30 heavy (non-hydrogen) atoms. The van der Waals surface area contributed by atoms with Gasteiger partial charge in [-0.25, -0.2) is 0 Å². The normalized spacial score (nSPS) is 15.4. The third-order valence-electron chi connectivity index (χ3n) is 4.66. The van der Waals surface area contributed by atoms with Crippen LogP contribution < -0.4 is 0 Å². The molecule has 1 heterocycles. The van der Waals surface area contributed by atoms with Crippen molar-refractivity contribution in [3.63, 3.8) is 0 Å². The van der Waals surface area contributed by atoms with Gasteiger partial charge in [-0.15, -0.1) is 0 Å². The van der Waals surface area contributed by atoms with Crippen molar-refractivity contribution >= 4 is 68.6 Å². The lowest BCUT2D eigenvalue weighted by molar-refractivity contribution is -0.384. The molecule has 0 N–H and O–H groups in total. The minimum atomic E-state index is -0.637. The third kappa shape index (κ3) is 3.67. The number of imide groups is 1. The maximum Gasteiger partial charge on any atom is 0.293 e. The molecule has 1 aliphatic heterocycles. The Balaban J connectivity index is 1.68. The first-order chi connectivity index (χ1) is 14.4. The summed E-state index contributed by atoms with van der Waals surface area (Å²) in [5.41, 5.74) is 0.633. The lowest BCUT2D eigenvalue weighted by Gasteiger charge is -2.14. The fraction of sp³-hybridized carbons (Fsp3) is 0.0476. The van der Waals surface area contributed by atoms with Crippen molar-refractivity contribution in [1.82, 2.24) is 4.90 Å². The van der Waals surface area contributed by atoms with Crippen molar-refractivity contribution in [2.24, 2.45) is 0 Å². The van der Waals surface area contributed by atoms with Crippen LogP contribution in [0.2, 0.25) is 10.0 Å². The summed E-state index contributed by atoms with van der Waals surface area (Å²) in [5, 5.41) is 12.6. The summed E-state index contributed by atoms with van der Waals surface area (Å²) in [4.78, 5) is 37.1. The Hall–Kier alpha value is -2.87. The van der Waals surface area contributed by atoms with E-state index in [0.717, 1.165) is 33.0 Å². The number of nitrogens with zero attached hydrogens (tertiary/aromatic N) is 2. The zero-order chi connectivity index (χ0) is 21.4. The number of fused-ring (bicyclic) bond motifs is 1. The number of amides is 2.